The van der Waals surface area contributed by atoms with Gasteiger partial charge in [-0.2, -0.15) is 5.26 Å². The number of nitrogens with zero attached hydrogens (tertiary/aromatic N) is 2. The largest absolute Gasteiger partial charge is 0.341 e. The van der Waals surface area contributed by atoms with Crippen LogP contribution in [-0.4, -0.2) is 23.9 Å². The topological polar surface area (TPSA) is 44.1 Å². The zero-order valence-corrected chi connectivity index (χ0v) is 12.9. The SMILES string of the molecule is CN(C(=O)C1(C#N)CCCCCC1)C1CCCCCC1. The van der Waals surface area contributed by atoms with Crippen LogP contribution in [0.4, 0.5) is 0 Å². The Labute approximate surface area is 123 Å². The molecule has 112 valence electrons. The summed E-state index contributed by atoms with van der Waals surface area (Å²) in [5.41, 5.74) is -0.725. The smallest absolute Gasteiger partial charge is 0.243 e. The number of amides is 1. The predicted molar refractivity (Wildman–Crippen MR) is 80.0 cm³/mol. The molecule has 0 aliphatic heterocycles. The molecular weight excluding hydrogens is 248 g/mol. The first-order valence-electron chi connectivity index (χ1n) is 8.38. The van der Waals surface area contributed by atoms with Crippen LogP contribution >= 0.6 is 0 Å². The number of rotatable bonds is 2. The van der Waals surface area contributed by atoms with Gasteiger partial charge in [0, 0.05) is 13.1 Å². The molecule has 0 atom stereocenters. The zero-order chi connectivity index (χ0) is 14.4. The van der Waals surface area contributed by atoms with Gasteiger partial charge in [0.1, 0.15) is 5.41 Å². The van der Waals surface area contributed by atoms with E-state index >= 15 is 0 Å². The van der Waals surface area contributed by atoms with Gasteiger partial charge in [0.05, 0.1) is 6.07 Å². The van der Waals surface area contributed by atoms with Crippen LogP contribution in [0.15, 0.2) is 0 Å². The highest BCUT2D eigenvalue weighted by Gasteiger charge is 2.42. The van der Waals surface area contributed by atoms with Gasteiger partial charge in [-0.15, -0.1) is 0 Å². The van der Waals surface area contributed by atoms with Crippen LogP contribution in [0.3, 0.4) is 0 Å². The fraction of sp³-hybridized carbons (Fsp3) is 0.882. The Morgan fingerprint density at radius 3 is 2.00 bits per heavy atom. The Morgan fingerprint density at radius 1 is 1.00 bits per heavy atom. The molecule has 1 amide bonds. The second-order valence-corrected chi connectivity index (χ2v) is 6.67. The third-order valence-corrected chi connectivity index (χ3v) is 5.27. The predicted octanol–water partition coefficient (Wildman–Crippen LogP) is 4.03. The monoisotopic (exact) mass is 276 g/mol. The third-order valence-electron chi connectivity index (χ3n) is 5.27. The highest BCUT2D eigenvalue weighted by atomic mass is 16.2. The summed E-state index contributed by atoms with van der Waals surface area (Å²) in [5, 5.41) is 9.64. The van der Waals surface area contributed by atoms with Crippen molar-refractivity contribution in [3.63, 3.8) is 0 Å². The summed E-state index contributed by atoms with van der Waals surface area (Å²) in [6.45, 7) is 0. The normalized spacial score (nSPS) is 24.2. The molecule has 3 heteroatoms. The van der Waals surface area contributed by atoms with E-state index in [1.165, 1.54) is 38.5 Å². The van der Waals surface area contributed by atoms with E-state index in [2.05, 4.69) is 6.07 Å². The second-order valence-electron chi connectivity index (χ2n) is 6.67. The molecule has 2 aliphatic carbocycles. The van der Waals surface area contributed by atoms with Crippen LogP contribution in [0.25, 0.3) is 0 Å². The third kappa shape index (κ3) is 3.34. The Bertz CT molecular complexity index is 356. The molecule has 0 radical (unpaired) electrons. The molecule has 3 nitrogen and oxygen atoms in total. The van der Waals surface area contributed by atoms with Gasteiger partial charge in [0.2, 0.25) is 5.91 Å². The molecular formula is C17H28N2O. The maximum atomic E-state index is 12.9. The van der Waals surface area contributed by atoms with E-state index in [1.807, 2.05) is 11.9 Å². The first-order valence-corrected chi connectivity index (χ1v) is 8.38. The Morgan fingerprint density at radius 2 is 1.50 bits per heavy atom. The van der Waals surface area contributed by atoms with Crippen molar-refractivity contribution in [2.75, 3.05) is 7.05 Å². The van der Waals surface area contributed by atoms with E-state index in [0.717, 1.165) is 38.5 Å². The molecule has 2 saturated carbocycles. The number of nitriles is 1. The van der Waals surface area contributed by atoms with Crippen molar-refractivity contribution in [2.45, 2.75) is 83.1 Å². The zero-order valence-electron chi connectivity index (χ0n) is 12.9. The molecule has 0 heterocycles. The van der Waals surface area contributed by atoms with Gasteiger partial charge < -0.3 is 4.90 Å². The van der Waals surface area contributed by atoms with Crippen molar-refractivity contribution >= 4 is 5.91 Å². The van der Waals surface area contributed by atoms with Crippen LogP contribution in [0.1, 0.15) is 77.0 Å². The highest BCUT2D eigenvalue weighted by molar-refractivity contribution is 5.85. The molecule has 0 aromatic heterocycles. The van der Waals surface area contributed by atoms with E-state index in [0.29, 0.717) is 6.04 Å². The van der Waals surface area contributed by atoms with Crippen molar-refractivity contribution in [3.8, 4) is 6.07 Å². The second kappa shape index (κ2) is 7.11. The van der Waals surface area contributed by atoms with Crippen molar-refractivity contribution in [3.05, 3.63) is 0 Å². The Kier molecular flexibility index (Phi) is 5.46. The molecule has 2 aliphatic rings. The summed E-state index contributed by atoms with van der Waals surface area (Å²) in [5.74, 6) is 0.105. The average Bonchev–Trinajstić information content (AvgIpc) is 2.89. The molecule has 2 rings (SSSR count). The number of carbonyl (C=O) groups excluding carboxylic acids is 1. The fourth-order valence-corrected chi connectivity index (χ4v) is 3.85. The average molecular weight is 276 g/mol. The van der Waals surface area contributed by atoms with E-state index in [-0.39, 0.29) is 5.91 Å². The van der Waals surface area contributed by atoms with Gasteiger partial charge >= 0.3 is 0 Å². The number of carbonyl (C=O) groups is 1. The van der Waals surface area contributed by atoms with Gasteiger partial charge in [-0.1, -0.05) is 51.4 Å². The van der Waals surface area contributed by atoms with Crippen LogP contribution in [0.5, 0.6) is 0 Å². The summed E-state index contributed by atoms with van der Waals surface area (Å²) in [7, 11) is 1.93. The maximum absolute atomic E-state index is 12.9. The summed E-state index contributed by atoms with van der Waals surface area (Å²) in [4.78, 5) is 14.8. The summed E-state index contributed by atoms with van der Waals surface area (Å²) >= 11 is 0. The van der Waals surface area contributed by atoms with Gasteiger partial charge in [-0.25, -0.2) is 0 Å². The fourth-order valence-electron chi connectivity index (χ4n) is 3.85. The van der Waals surface area contributed by atoms with E-state index in [9.17, 15) is 10.1 Å². The van der Waals surface area contributed by atoms with Crippen molar-refractivity contribution in [1.29, 1.82) is 5.26 Å². The minimum atomic E-state index is -0.725. The molecule has 2 fully saturated rings. The van der Waals surface area contributed by atoms with E-state index < -0.39 is 5.41 Å². The lowest BCUT2D eigenvalue weighted by molar-refractivity contribution is -0.140. The van der Waals surface area contributed by atoms with Gasteiger partial charge in [-0.05, 0) is 25.7 Å². The molecule has 0 aromatic carbocycles. The van der Waals surface area contributed by atoms with Gasteiger partial charge in [-0.3, -0.25) is 4.79 Å². The van der Waals surface area contributed by atoms with Crippen molar-refractivity contribution in [2.24, 2.45) is 5.41 Å². The molecule has 20 heavy (non-hydrogen) atoms. The quantitative estimate of drug-likeness (QED) is 0.715. The Balaban J connectivity index is 2.08. The lowest BCUT2D eigenvalue weighted by Gasteiger charge is -2.34. The molecule has 0 unspecified atom stereocenters. The summed E-state index contributed by atoms with van der Waals surface area (Å²) < 4.78 is 0. The minimum Gasteiger partial charge on any atom is -0.341 e. The van der Waals surface area contributed by atoms with Crippen molar-refractivity contribution in [1.82, 2.24) is 4.90 Å². The van der Waals surface area contributed by atoms with Gasteiger partial charge in [0.15, 0.2) is 0 Å². The Hall–Kier alpha value is -1.04. The van der Waals surface area contributed by atoms with Crippen LogP contribution < -0.4 is 0 Å². The van der Waals surface area contributed by atoms with Crippen LogP contribution in [-0.2, 0) is 4.79 Å². The van der Waals surface area contributed by atoms with Crippen molar-refractivity contribution < 1.29 is 4.79 Å². The lowest BCUT2D eigenvalue weighted by atomic mass is 9.80. The lowest BCUT2D eigenvalue weighted by Crippen LogP contribution is -2.46. The molecule has 0 saturated heterocycles. The summed E-state index contributed by atoms with van der Waals surface area (Å²) in [6, 6.07) is 2.76. The minimum absolute atomic E-state index is 0.105. The highest BCUT2D eigenvalue weighted by Crippen LogP contribution is 2.37. The van der Waals surface area contributed by atoms with Gasteiger partial charge in [0.25, 0.3) is 0 Å². The maximum Gasteiger partial charge on any atom is 0.243 e. The number of hydrogen-bond donors (Lipinski definition) is 0. The summed E-state index contributed by atoms with van der Waals surface area (Å²) in [6.07, 6.45) is 13.2. The number of hydrogen-bond acceptors (Lipinski definition) is 2. The van der Waals surface area contributed by atoms with Crippen LogP contribution in [0, 0.1) is 16.7 Å². The molecule has 0 bridgehead atoms. The standard InChI is InChI=1S/C17H28N2O/c1-19(15-10-6-2-3-7-11-15)16(20)17(14-18)12-8-4-5-9-13-17/h15H,2-13H2,1H3. The van der Waals surface area contributed by atoms with E-state index in [1.54, 1.807) is 0 Å². The molecule has 0 N–H and O–H groups in total. The van der Waals surface area contributed by atoms with Crippen LogP contribution in [0.2, 0.25) is 0 Å². The van der Waals surface area contributed by atoms with E-state index in [4.69, 9.17) is 0 Å². The molecule has 0 aromatic rings. The molecule has 0 spiro atoms. The first kappa shape index (κ1) is 15.4. The first-order chi connectivity index (χ1) is 9.69.